The fourth-order valence-corrected chi connectivity index (χ4v) is 4.49. The van der Waals surface area contributed by atoms with Gasteiger partial charge in [-0.05, 0) is 24.6 Å². The summed E-state index contributed by atoms with van der Waals surface area (Å²) in [6.07, 6.45) is -0.0654. The molecule has 118 valence electrons. The first-order valence-electron chi connectivity index (χ1n) is 6.63. The molecule has 0 amide bonds. The van der Waals surface area contributed by atoms with Gasteiger partial charge in [-0.2, -0.15) is 0 Å². The number of sulfonamides is 1. The number of esters is 1. The Hall–Kier alpha value is -1.70. The maximum absolute atomic E-state index is 12.4. The number of methoxy groups -OCH3 is 1. The minimum Gasteiger partial charge on any atom is -0.469 e. The normalized spacial score (nSPS) is 12.8. The molecule has 0 saturated carbocycles. The van der Waals surface area contributed by atoms with E-state index in [-0.39, 0.29) is 10.6 Å². The summed E-state index contributed by atoms with van der Waals surface area (Å²) in [7, 11) is -2.40. The first kappa shape index (κ1) is 16.7. The van der Waals surface area contributed by atoms with Gasteiger partial charge >= 0.3 is 5.97 Å². The second-order valence-electron chi connectivity index (χ2n) is 4.73. The van der Waals surface area contributed by atoms with Crippen LogP contribution in [0.25, 0.3) is 0 Å². The smallest absolute Gasteiger partial charge is 0.307 e. The van der Waals surface area contributed by atoms with E-state index in [9.17, 15) is 13.2 Å². The topological polar surface area (TPSA) is 72.5 Å². The summed E-state index contributed by atoms with van der Waals surface area (Å²) in [4.78, 5) is 12.5. The van der Waals surface area contributed by atoms with Crippen molar-refractivity contribution in [2.45, 2.75) is 23.6 Å². The molecule has 0 saturated heterocycles. The van der Waals surface area contributed by atoms with Crippen LogP contribution < -0.4 is 4.72 Å². The van der Waals surface area contributed by atoms with Crippen LogP contribution in [-0.2, 0) is 19.6 Å². The lowest BCUT2D eigenvalue weighted by Crippen LogP contribution is -2.30. The van der Waals surface area contributed by atoms with Crippen molar-refractivity contribution in [3.8, 4) is 0 Å². The quantitative estimate of drug-likeness (QED) is 0.821. The van der Waals surface area contributed by atoms with Crippen molar-refractivity contribution in [1.82, 2.24) is 4.72 Å². The van der Waals surface area contributed by atoms with Crippen molar-refractivity contribution in [3.05, 3.63) is 52.9 Å². The Morgan fingerprint density at radius 2 is 1.91 bits per heavy atom. The number of hydrogen-bond acceptors (Lipinski definition) is 5. The molecular weight excluding hydrogens is 322 g/mol. The molecule has 0 spiro atoms. The largest absolute Gasteiger partial charge is 0.469 e. The number of aryl methyl sites for hydroxylation is 1. The van der Waals surface area contributed by atoms with Gasteiger partial charge in [-0.3, -0.25) is 4.79 Å². The SMILES string of the molecule is COC(=O)C[C@H](NS(=O)(=O)c1ccc(C)s1)c1ccccc1. The van der Waals surface area contributed by atoms with Crippen molar-refractivity contribution >= 4 is 27.3 Å². The van der Waals surface area contributed by atoms with Crippen LogP contribution in [0.5, 0.6) is 0 Å². The number of rotatable bonds is 6. The lowest BCUT2D eigenvalue weighted by molar-refractivity contribution is -0.141. The van der Waals surface area contributed by atoms with Gasteiger partial charge in [-0.1, -0.05) is 30.3 Å². The minimum atomic E-state index is -3.68. The zero-order valence-corrected chi connectivity index (χ0v) is 13.9. The third-order valence-electron chi connectivity index (χ3n) is 3.08. The number of hydrogen-bond donors (Lipinski definition) is 1. The molecule has 0 unspecified atom stereocenters. The first-order chi connectivity index (χ1) is 10.4. The molecule has 0 aliphatic carbocycles. The minimum absolute atomic E-state index is 0.0654. The van der Waals surface area contributed by atoms with E-state index in [0.29, 0.717) is 5.56 Å². The Morgan fingerprint density at radius 3 is 2.45 bits per heavy atom. The number of ether oxygens (including phenoxy) is 1. The van der Waals surface area contributed by atoms with Crippen molar-refractivity contribution in [2.24, 2.45) is 0 Å². The van der Waals surface area contributed by atoms with E-state index in [4.69, 9.17) is 0 Å². The zero-order valence-electron chi connectivity index (χ0n) is 12.3. The highest BCUT2D eigenvalue weighted by Crippen LogP contribution is 2.25. The van der Waals surface area contributed by atoms with Crippen LogP contribution in [0.4, 0.5) is 0 Å². The second kappa shape index (κ2) is 7.04. The molecule has 0 bridgehead atoms. The van der Waals surface area contributed by atoms with Crippen LogP contribution in [0.15, 0.2) is 46.7 Å². The van der Waals surface area contributed by atoms with Crippen molar-refractivity contribution < 1.29 is 17.9 Å². The van der Waals surface area contributed by atoms with Gasteiger partial charge in [0.25, 0.3) is 10.0 Å². The van der Waals surface area contributed by atoms with Gasteiger partial charge < -0.3 is 4.74 Å². The van der Waals surface area contributed by atoms with Crippen molar-refractivity contribution in [3.63, 3.8) is 0 Å². The van der Waals surface area contributed by atoms with Crippen LogP contribution in [0.3, 0.4) is 0 Å². The molecule has 0 aliphatic heterocycles. The van der Waals surface area contributed by atoms with E-state index in [2.05, 4.69) is 9.46 Å². The van der Waals surface area contributed by atoms with E-state index >= 15 is 0 Å². The van der Waals surface area contributed by atoms with Gasteiger partial charge in [-0.15, -0.1) is 11.3 Å². The Morgan fingerprint density at radius 1 is 1.23 bits per heavy atom. The average molecular weight is 339 g/mol. The van der Waals surface area contributed by atoms with E-state index in [1.54, 1.807) is 36.4 Å². The highest BCUT2D eigenvalue weighted by molar-refractivity contribution is 7.91. The summed E-state index contributed by atoms with van der Waals surface area (Å²) < 4.78 is 32.4. The molecule has 0 aliphatic rings. The second-order valence-corrected chi connectivity index (χ2v) is 7.96. The van der Waals surface area contributed by atoms with Crippen LogP contribution in [-0.4, -0.2) is 21.5 Å². The highest BCUT2D eigenvalue weighted by Gasteiger charge is 2.25. The molecule has 5 nitrogen and oxygen atoms in total. The fraction of sp³-hybridized carbons (Fsp3) is 0.267. The molecule has 0 fully saturated rings. The predicted octanol–water partition coefficient (Wildman–Crippen LogP) is 2.64. The van der Waals surface area contributed by atoms with E-state index in [0.717, 1.165) is 4.88 Å². The highest BCUT2D eigenvalue weighted by atomic mass is 32.2. The number of carbonyl (C=O) groups excluding carboxylic acids is 1. The number of carbonyl (C=O) groups is 1. The molecule has 1 N–H and O–H groups in total. The summed E-state index contributed by atoms with van der Waals surface area (Å²) in [5.74, 6) is -0.473. The summed E-state index contributed by atoms with van der Waals surface area (Å²) >= 11 is 1.19. The Bertz CT molecular complexity index is 738. The van der Waals surface area contributed by atoms with Crippen LogP contribution in [0, 0.1) is 6.92 Å². The van der Waals surface area contributed by atoms with E-state index in [1.807, 2.05) is 13.0 Å². The van der Waals surface area contributed by atoms with E-state index < -0.39 is 22.0 Å². The molecule has 0 radical (unpaired) electrons. The summed E-state index contributed by atoms with van der Waals surface area (Å²) in [5, 5.41) is 0. The molecule has 1 aromatic heterocycles. The molecule has 1 aromatic carbocycles. The monoisotopic (exact) mass is 339 g/mol. The first-order valence-corrected chi connectivity index (χ1v) is 8.93. The summed E-state index contributed by atoms with van der Waals surface area (Å²) in [6.45, 7) is 1.84. The fourth-order valence-electron chi connectivity index (χ4n) is 1.96. The zero-order chi connectivity index (χ0) is 16.2. The van der Waals surface area contributed by atoms with Gasteiger partial charge in [0.05, 0.1) is 19.6 Å². The van der Waals surface area contributed by atoms with Gasteiger partial charge in [0.1, 0.15) is 4.21 Å². The lowest BCUT2D eigenvalue weighted by atomic mass is 10.1. The number of thiophene rings is 1. The third-order valence-corrected chi connectivity index (χ3v) is 6.04. The number of benzene rings is 1. The van der Waals surface area contributed by atoms with Crippen molar-refractivity contribution in [1.29, 1.82) is 0 Å². The Labute approximate surface area is 134 Å². The van der Waals surface area contributed by atoms with Gasteiger partial charge in [0.2, 0.25) is 0 Å². The standard InChI is InChI=1S/C15H17NO4S2/c1-11-8-9-15(21-11)22(18,19)16-13(10-14(17)20-2)12-6-4-3-5-7-12/h3-9,13,16H,10H2,1-2H3/t13-/m0/s1. The van der Waals surface area contributed by atoms with Gasteiger partial charge in [0, 0.05) is 4.88 Å². The van der Waals surface area contributed by atoms with E-state index in [1.165, 1.54) is 18.4 Å². The molecule has 1 atom stereocenters. The molecule has 22 heavy (non-hydrogen) atoms. The molecule has 2 aromatic rings. The van der Waals surface area contributed by atoms with Crippen LogP contribution in [0.1, 0.15) is 22.9 Å². The van der Waals surface area contributed by atoms with Gasteiger partial charge in [0.15, 0.2) is 0 Å². The number of nitrogens with one attached hydrogen (secondary N) is 1. The lowest BCUT2D eigenvalue weighted by Gasteiger charge is -2.17. The predicted molar refractivity (Wildman–Crippen MR) is 85.2 cm³/mol. The molecular formula is C15H17NO4S2. The van der Waals surface area contributed by atoms with Crippen molar-refractivity contribution in [2.75, 3.05) is 7.11 Å². The molecule has 2 rings (SSSR count). The van der Waals surface area contributed by atoms with Crippen LogP contribution >= 0.6 is 11.3 Å². The maximum Gasteiger partial charge on any atom is 0.307 e. The Balaban J connectivity index is 2.28. The summed E-state index contributed by atoms with van der Waals surface area (Å²) in [5.41, 5.74) is 0.713. The molecule has 7 heteroatoms. The third kappa shape index (κ3) is 4.16. The van der Waals surface area contributed by atoms with Crippen LogP contribution in [0.2, 0.25) is 0 Å². The Kier molecular flexibility index (Phi) is 5.33. The maximum atomic E-state index is 12.4. The van der Waals surface area contributed by atoms with Gasteiger partial charge in [-0.25, -0.2) is 13.1 Å². The average Bonchev–Trinajstić information content (AvgIpc) is 2.94. The molecule has 1 heterocycles. The summed E-state index contributed by atoms with van der Waals surface area (Å²) in [6, 6.07) is 11.6.